The van der Waals surface area contributed by atoms with E-state index in [2.05, 4.69) is 59.2 Å². The molecule has 0 aliphatic carbocycles. The van der Waals surface area contributed by atoms with Crippen LogP contribution in [0.3, 0.4) is 0 Å². The number of halogens is 1. The van der Waals surface area contributed by atoms with E-state index in [1.807, 2.05) is 24.3 Å². The van der Waals surface area contributed by atoms with Crippen molar-refractivity contribution in [1.82, 2.24) is 10.6 Å². The van der Waals surface area contributed by atoms with Crippen LogP contribution in [-0.4, -0.2) is 18.7 Å². The highest BCUT2D eigenvalue weighted by atomic mass is 19.1. The SMILES string of the molecule is Fc1ccc([C@H]2O[C@@H](CNCc3ccccc3)C[C@@H]2NCc2ccccc2)cc1. The molecule has 0 radical (unpaired) electrons. The fourth-order valence-electron chi connectivity index (χ4n) is 3.87. The Kier molecular flexibility index (Phi) is 6.67. The van der Waals surface area contributed by atoms with Gasteiger partial charge in [-0.2, -0.15) is 0 Å². The zero-order valence-corrected chi connectivity index (χ0v) is 16.4. The number of benzene rings is 3. The molecule has 3 atom stereocenters. The molecule has 1 aliphatic rings. The van der Waals surface area contributed by atoms with Gasteiger partial charge in [-0.25, -0.2) is 4.39 Å². The van der Waals surface area contributed by atoms with Crippen molar-refractivity contribution < 1.29 is 9.13 Å². The average molecular weight is 391 g/mol. The summed E-state index contributed by atoms with van der Waals surface area (Å²) in [6, 6.07) is 27.6. The van der Waals surface area contributed by atoms with Crippen LogP contribution in [0.1, 0.15) is 29.2 Å². The van der Waals surface area contributed by atoms with E-state index in [-0.39, 0.29) is 24.1 Å². The van der Waals surface area contributed by atoms with Gasteiger partial charge in [0.15, 0.2) is 0 Å². The normalized spacial score (nSPS) is 21.3. The Hall–Kier alpha value is -2.53. The molecule has 3 aromatic carbocycles. The number of rotatable bonds is 8. The molecule has 0 unspecified atom stereocenters. The van der Waals surface area contributed by atoms with Gasteiger partial charge in [0.05, 0.1) is 12.2 Å². The maximum absolute atomic E-state index is 13.4. The Bertz CT molecular complexity index is 870. The first-order valence-electron chi connectivity index (χ1n) is 10.2. The van der Waals surface area contributed by atoms with Gasteiger partial charge >= 0.3 is 0 Å². The Morgan fingerprint density at radius 3 is 2.07 bits per heavy atom. The lowest BCUT2D eigenvalue weighted by Gasteiger charge is -2.20. The van der Waals surface area contributed by atoms with Crippen molar-refractivity contribution >= 4 is 0 Å². The van der Waals surface area contributed by atoms with Crippen molar-refractivity contribution in [2.45, 2.75) is 37.8 Å². The molecule has 0 spiro atoms. The van der Waals surface area contributed by atoms with E-state index in [9.17, 15) is 4.39 Å². The third-order valence-electron chi connectivity index (χ3n) is 5.38. The van der Waals surface area contributed by atoms with E-state index in [0.29, 0.717) is 0 Å². The molecule has 29 heavy (non-hydrogen) atoms. The van der Waals surface area contributed by atoms with Gasteiger partial charge in [0, 0.05) is 25.7 Å². The zero-order chi connectivity index (χ0) is 19.9. The molecular weight excluding hydrogens is 363 g/mol. The summed E-state index contributed by atoms with van der Waals surface area (Å²) in [6.45, 7) is 2.40. The molecule has 0 amide bonds. The lowest BCUT2D eigenvalue weighted by atomic mass is 10.0. The molecular formula is C25H27FN2O. The minimum absolute atomic E-state index is 0.0807. The van der Waals surface area contributed by atoms with Crippen molar-refractivity contribution in [3.63, 3.8) is 0 Å². The molecule has 0 aromatic heterocycles. The highest BCUT2D eigenvalue weighted by molar-refractivity contribution is 5.22. The second-order valence-electron chi connectivity index (χ2n) is 7.56. The van der Waals surface area contributed by atoms with E-state index in [0.717, 1.165) is 31.6 Å². The first-order chi connectivity index (χ1) is 14.3. The second kappa shape index (κ2) is 9.79. The molecule has 1 saturated heterocycles. The predicted molar refractivity (Wildman–Crippen MR) is 114 cm³/mol. The summed E-state index contributed by atoms with van der Waals surface area (Å²) in [5, 5.41) is 7.16. The number of hydrogen-bond donors (Lipinski definition) is 2. The van der Waals surface area contributed by atoms with Gasteiger partial charge in [0.25, 0.3) is 0 Å². The molecule has 1 fully saturated rings. The fraction of sp³-hybridized carbons (Fsp3) is 0.280. The maximum atomic E-state index is 13.4. The smallest absolute Gasteiger partial charge is 0.123 e. The summed E-state index contributed by atoms with van der Waals surface area (Å²) in [7, 11) is 0. The molecule has 3 nitrogen and oxygen atoms in total. The van der Waals surface area contributed by atoms with Crippen LogP contribution in [0.2, 0.25) is 0 Å². The molecule has 1 aliphatic heterocycles. The molecule has 4 rings (SSSR count). The highest BCUT2D eigenvalue weighted by Crippen LogP contribution is 2.33. The van der Waals surface area contributed by atoms with E-state index in [4.69, 9.17) is 4.74 Å². The monoisotopic (exact) mass is 390 g/mol. The lowest BCUT2D eigenvalue weighted by Crippen LogP contribution is -2.32. The predicted octanol–water partition coefficient (Wildman–Crippen LogP) is 4.60. The van der Waals surface area contributed by atoms with Crippen LogP contribution < -0.4 is 10.6 Å². The van der Waals surface area contributed by atoms with Crippen LogP contribution in [0.4, 0.5) is 4.39 Å². The molecule has 150 valence electrons. The van der Waals surface area contributed by atoms with Crippen molar-refractivity contribution in [3.8, 4) is 0 Å². The van der Waals surface area contributed by atoms with E-state index in [1.54, 1.807) is 0 Å². The Balaban J connectivity index is 1.38. The lowest BCUT2D eigenvalue weighted by molar-refractivity contribution is 0.0382. The van der Waals surface area contributed by atoms with Gasteiger partial charge in [0.1, 0.15) is 5.82 Å². The van der Waals surface area contributed by atoms with Gasteiger partial charge in [-0.15, -0.1) is 0 Å². The standard InChI is InChI=1S/C25H27FN2O/c26-22-13-11-21(12-14-22)25-24(28-17-20-9-5-2-6-10-20)15-23(29-25)18-27-16-19-7-3-1-4-8-19/h1-14,23-25,27-28H,15-18H2/t23-,24+,25-/m1/s1. The number of hydrogen-bond acceptors (Lipinski definition) is 3. The van der Waals surface area contributed by atoms with Crippen LogP contribution in [0, 0.1) is 5.82 Å². The summed E-state index contributed by atoms with van der Waals surface area (Å²) in [6.07, 6.45) is 0.946. The Morgan fingerprint density at radius 1 is 0.793 bits per heavy atom. The molecule has 4 heteroatoms. The van der Waals surface area contributed by atoms with E-state index in [1.165, 1.54) is 23.3 Å². The van der Waals surface area contributed by atoms with E-state index < -0.39 is 0 Å². The Labute approximate surface area is 171 Å². The average Bonchev–Trinajstić information content (AvgIpc) is 3.17. The third-order valence-corrected chi connectivity index (χ3v) is 5.38. The van der Waals surface area contributed by atoms with Crippen LogP contribution in [0.15, 0.2) is 84.9 Å². The molecule has 1 heterocycles. The van der Waals surface area contributed by atoms with Crippen LogP contribution in [-0.2, 0) is 17.8 Å². The molecule has 3 aromatic rings. The van der Waals surface area contributed by atoms with Gasteiger partial charge < -0.3 is 15.4 Å². The fourth-order valence-corrected chi connectivity index (χ4v) is 3.87. The van der Waals surface area contributed by atoms with Gasteiger partial charge in [-0.3, -0.25) is 0 Å². The summed E-state index contributed by atoms with van der Waals surface area (Å²) >= 11 is 0. The molecule has 0 bridgehead atoms. The van der Waals surface area contributed by atoms with Crippen LogP contribution in [0.25, 0.3) is 0 Å². The first-order valence-corrected chi connectivity index (χ1v) is 10.2. The van der Waals surface area contributed by atoms with Gasteiger partial charge in [0.2, 0.25) is 0 Å². The summed E-state index contributed by atoms with van der Waals surface area (Å²) in [5.74, 6) is -0.221. The zero-order valence-electron chi connectivity index (χ0n) is 16.4. The maximum Gasteiger partial charge on any atom is 0.123 e. The minimum atomic E-state index is -0.221. The van der Waals surface area contributed by atoms with Crippen molar-refractivity contribution in [2.24, 2.45) is 0 Å². The highest BCUT2D eigenvalue weighted by Gasteiger charge is 2.35. The molecule has 0 saturated carbocycles. The largest absolute Gasteiger partial charge is 0.367 e. The van der Waals surface area contributed by atoms with Gasteiger partial charge in [-0.1, -0.05) is 72.8 Å². The summed E-state index contributed by atoms with van der Waals surface area (Å²) < 4.78 is 19.8. The second-order valence-corrected chi connectivity index (χ2v) is 7.56. The minimum Gasteiger partial charge on any atom is -0.367 e. The Morgan fingerprint density at radius 2 is 1.41 bits per heavy atom. The molecule has 2 N–H and O–H groups in total. The third kappa shape index (κ3) is 5.51. The van der Waals surface area contributed by atoms with Crippen LogP contribution >= 0.6 is 0 Å². The van der Waals surface area contributed by atoms with E-state index >= 15 is 0 Å². The van der Waals surface area contributed by atoms with Crippen LogP contribution in [0.5, 0.6) is 0 Å². The van der Waals surface area contributed by atoms with Crippen molar-refractivity contribution in [3.05, 3.63) is 107 Å². The quantitative estimate of drug-likeness (QED) is 0.590. The van der Waals surface area contributed by atoms with Gasteiger partial charge in [-0.05, 0) is 35.2 Å². The summed E-state index contributed by atoms with van der Waals surface area (Å²) in [5.41, 5.74) is 3.53. The first kappa shape index (κ1) is 19.8. The summed E-state index contributed by atoms with van der Waals surface area (Å²) in [4.78, 5) is 0. The van der Waals surface area contributed by atoms with Crippen molar-refractivity contribution in [2.75, 3.05) is 6.54 Å². The number of ether oxygens (including phenoxy) is 1. The van der Waals surface area contributed by atoms with Crippen molar-refractivity contribution in [1.29, 1.82) is 0 Å². The topological polar surface area (TPSA) is 33.3 Å². The number of nitrogens with one attached hydrogen (secondary N) is 2.